The second-order valence-corrected chi connectivity index (χ2v) is 7.92. The van der Waals surface area contributed by atoms with Gasteiger partial charge >= 0.3 is 0 Å². The number of hydrogen-bond acceptors (Lipinski definition) is 0. The van der Waals surface area contributed by atoms with E-state index in [4.69, 9.17) is 0 Å². The van der Waals surface area contributed by atoms with E-state index in [0.29, 0.717) is 5.41 Å². The molecular weight excluding hydrogens is 276 g/mol. The summed E-state index contributed by atoms with van der Waals surface area (Å²) in [5.74, 6) is 1.70. The number of benzene rings is 2. The molecule has 0 aliphatic heterocycles. The number of rotatable bonds is 0. The topological polar surface area (TPSA) is 0 Å². The number of fused-ring (bicyclic) bond motifs is 3. The highest BCUT2D eigenvalue weighted by atomic mass is 14.6. The third-order valence-electron chi connectivity index (χ3n) is 7.03. The fourth-order valence-corrected chi connectivity index (χ4v) is 6.28. The van der Waals surface area contributed by atoms with Gasteiger partial charge in [0.1, 0.15) is 0 Å². The quantitative estimate of drug-likeness (QED) is 0.533. The standard InChI is InChI=1S/C23H26/c1-2-10-18-12-4-3-11-17(9-1)23(18)21-15-7-5-13-19(21)20-14-6-8-16-22(20)23/h5-8,13-18H,1-4,9-12H2. The van der Waals surface area contributed by atoms with Crippen molar-refractivity contribution in [2.75, 3.05) is 0 Å². The molecular formula is C23H26. The molecule has 0 heteroatoms. The number of hydrogen-bond donors (Lipinski definition) is 0. The Morgan fingerprint density at radius 3 is 1.39 bits per heavy atom. The molecule has 3 aliphatic carbocycles. The SMILES string of the molecule is c1ccc2c(c1)-c1ccccc1C21C2CCCCC1CCCC2. The minimum Gasteiger partial charge on any atom is -0.0619 e. The maximum absolute atomic E-state index is 2.46. The van der Waals surface area contributed by atoms with Gasteiger partial charge in [0.15, 0.2) is 0 Å². The van der Waals surface area contributed by atoms with Crippen LogP contribution in [0.15, 0.2) is 48.5 Å². The first-order chi connectivity index (χ1) is 11.4. The fourth-order valence-electron chi connectivity index (χ4n) is 6.28. The smallest absolute Gasteiger partial charge is 0.0271 e. The van der Waals surface area contributed by atoms with Gasteiger partial charge in [0.25, 0.3) is 0 Å². The molecule has 2 saturated carbocycles. The van der Waals surface area contributed by atoms with Crippen molar-refractivity contribution < 1.29 is 0 Å². The van der Waals surface area contributed by atoms with Crippen LogP contribution in [0.2, 0.25) is 0 Å². The van der Waals surface area contributed by atoms with Gasteiger partial charge in [0.05, 0.1) is 0 Å². The summed E-state index contributed by atoms with van der Waals surface area (Å²) in [6.45, 7) is 0. The lowest BCUT2D eigenvalue weighted by Gasteiger charge is -2.43. The average molecular weight is 302 g/mol. The Labute approximate surface area is 139 Å². The lowest BCUT2D eigenvalue weighted by molar-refractivity contribution is 0.223. The van der Waals surface area contributed by atoms with E-state index >= 15 is 0 Å². The molecule has 2 fully saturated rings. The molecule has 2 aromatic rings. The summed E-state index contributed by atoms with van der Waals surface area (Å²) < 4.78 is 0. The van der Waals surface area contributed by atoms with Crippen LogP contribution in [0.5, 0.6) is 0 Å². The van der Waals surface area contributed by atoms with Crippen LogP contribution in [0.1, 0.15) is 62.5 Å². The molecule has 0 radical (unpaired) electrons. The van der Waals surface area contributed by atoms with Crippen molar-refractivity contribution in [3.05, 3.63) is 59.7 Å². The van der Waals surface area contributed by atoms with E-state index in [9.17, 15) is 0 Å². The summed E-state index contributed by atoms with van der Waals surface area (Å²) >= 11 is 0. The van der Waals surface area contributed by atoms with Crippen LogP contribution >= 0.6 is 0 Å². The molecule has 3 aliphatic rings. The molecule has 0 aromatic heterocycles. The summed E-state index contributed by atoms with van der Waals surface area (Å²) in [4.78, 5) is 0. The normalized spacial score (nSPS) is 27.8. The van der Waals surface area contributed by atoms with E-state index in [1.165, 1.54) is 62.5 Å². The molecule has 1 spiro atoms. The highest BCUT2D eigenvalue weighted by molar-refractivity contribution is 5.81. The molecule has 5 rings (SSSR count). The lowest BCUT2D eigenvalue weighted by Crippen LogP contribution is -2.40. The lowest BCUT2D eigenvalue weighted by atomic mass is 9.59. The van der Waals surface area contributed by atoms with Gasteiger partial charge in [0.2, 0.25) is 0 Å². The monoisotopic (exact) mass is 302 g/mol. The van der Waals surface area contributed by atoms with E-state index in [1.807, 2.05) is 0 Å². The van der Waals surface area contributed by atoms with Crippen LogP contribution < -0.4 is 0 Å². The third-order valence-corrected chi connectivity index (χ3v) is 7.03. The van der Waals surface area contributed by atoms with Gasteiger partial charge in [-0.15, -0.1) is 0 Å². The van der Waals surface area contributed by atoms with Gasteiger partial charge < -0.3 is 0 Å². The summed E-state index contributed by atoms with van der Waals surface area (Å²) in [6, 6.07) is 18.7. The van der Waals surface area contributed by atoms with Crippen molar-refractivity contribution in [3.8, 4) is 11.1 Å². The second-order valence-electron chi connectivity index (χ2n) is 7.92. The van der Waals surface area contributed by atoms with Crippen LogP contribution in [0, 0.1) is 11.8 Å². The van der Waals surface area contributed by atoms with E-state index < -0.39 is 0 Å². The van der Waals surface area contributed by atoms with Crippen molar-refractivity contribution in [2.24, 2.45) is 11.8 Å². The molecule has 0 amide bonds. The molecule has 118 valence electrons. The highest BCUT2D eigenvalue weighted by Gasteiger charge is 2.53. The van der Waals surface area contributed by atoms with Gasteiger partial charge in [-0.25, -0.2) is 0 Å². The molecule has 23 heavy (non-hydrogen) atoms. The van der Waals surface area contributed by atoms with Gasteiger partial charge in [-0.2, -0.15) is 0 Å². The largest absolute Gasteiger partial charge is 0.0619 e. The molecule has 2 bridgehead atoms. The van der Waals surface area contributed by atoms with E-state index in [0.717, 1.165) is 11.8 Å². The Hall–Kier alpha value is -1.56. The molecule has 0 atom stereocenters. The summed E-state index contributed by atoms with van der Waals surface area (Å²) in [7, 11) is 0. The minimum atomic E-state index is 0.320. The molecule has 0 heterocycles. The molecule has 0 unspecified atom stereocenters. The Kier molecular flexibility index (Phi) is 3.15. The second kappa shape index (κ2) is 5.23. The van der Waals surface area contributed by atoms with E-state index in [2.05, 4.69) is 48.5 Å². The predicted octanol–water partition coefficient (Wildman–Crippen LogP) is 6.33. The Balaban J connectivity index is 1.85. The van der Waals surface area contributed by atoms with Crippen LogP contribution in [0.25, 0.3) is 11.1 Å². The molecule has 2 aromatic carbocycles. The summed E-state index contributed by atoms with van der Waals surface area (Å²) in [5, 5.41) is 0. The molecule has 0 nitrogen and oxygen atoms in total. The van der Waals surface area contributed by atoms with Crippen molar-refractivity contribution in [1.29, 1.82) is 0 Å². The maximum atomic E-state index is 2.46. The van der Waals surface area contributed by atoms with Crippen LogP contribution in [0.4, 0.5) is 0 Å². The van der Waals surface area contributed by atoms with Crippen LogP contribution in [-0.4, -0.2) is 0 Å². The summed E-state index contributed by atoms with van der Waals surface area (Å²) in [5.41, 5.74) is 6.71. The third kappa shape index (κ3) is 1.78. The average Bonchev–Trinajstić information content (AvgIpc) is 2.72. The van der Waals surface area contributed by atoms with E-state index in [-0.39, 0.29) is 0 Å². The first-order valence-corrected chi connectivity index (χ1v) is 9.62. The predicted molar refractivity (Wildman–Crippen MR) is 96.6 cm³/mol. The first kappa shape index (κ1) is 13.8. The molecule has 0 saturated heterocycles. The summed E-state index contributed by atoms with van der Waals surface area (Å²) in [6.07, 6.45) is 11.5. The maximum Gasteiger partial charge on any atom is 0.0271 e. The van der Waals surface area contributed by atoms with Crippen LogP contribution in [-0.2, 0) is 5.41 Å². The zero-order valence-electron chi connectivity index (χ0n) is 13.9. The Morgan fingerprint density at radius 1 is 0.565 bits per heavy atom. The van der Waals surface area contributed by atoms with Crippen molar-refractivity contribution in [3.63, 3.8) is 0 Å². The Morgan fingerprint density at radius 2 is 0.957 bits per heavy atom. The van der Waals surface area contributed by atoms with Gasteiger partial charge in [0, 0.05) is 5.41 Å². The first-order valence-electron chi connectivity index (χ1n) is 9.62. The van der Waals surface area contributed by atoms with E-state index in [1.54, 1.807) is 11.1 Å². The van der Waals surface area contributed by atoms with Crippen molar-refractivity contribution in [2.45, 2.75) is 56.8 Å². The molecule has 0 N–H and O–H groups in total. The van der Waals surface area contributed by atoms with Crippen LogP contribution in [0.3, 0.4) is 0 Å². The Bertz CT molecular complexity index is 651. The van der Waals surface area contributed by atoms with Crippen molar-refractivity contribution in [1.82, 2.24) is 0 Å². The zero-order chi connectivity index (χ0) is 15.3. The van der Waals surface area contributed by atoms with Crippen molar-refractivity contribution >= 4 is 0 Å². The highest BCUT2D eigenvalue weighted by Crippen LogP contribution is 2.62. The fraction of sp³-hybridized carbons (Fsp3) is 0.478. The van der Waals surface area contributed by atoms with Gasteiger partial charge in [-0.1, -0.05) is 74.2 Å². The van der Waals surface area contributed by atoms with Gasteiger partial charge in [-0.3, -0.25) is 0 Å². The minimum absolute atomic E-state index is 0.320. The zero-order valence-corrected chi connectivity index (χ0v) is 13.9. The van der Waals surface area contributed by atoms with Gasteiger partial charge in [-0.05, 0) is 59.8 Å².